The molecule has 1 aromatic heterocycles. The number of hydrogen-bond donors (Lipinski definition) is 1. The van der Waals surface area contributed by atoms with Crippen molar-refractivity contribution in [1.82, 2.24) is 4.90 Å². The summed E-state index contributed by atoms with van der Waals surface area (Å²) < 4.78 is 22.0. The van der Waals surface area contributed by atoms with Crippen LogP contribution in [0.1, 0.15) is 35.9 Å². The average Bonchev–Trinajstić information content (AvgIpc) is 3.53. The van der Waals surface area contributed by atoms with Crippen molar-refractivity contribution in [3.63, 3.8) is 0 Å². The van der Waals surface area contributed by atoms with Crippen molar-refractivity contribution < 1.29 is 37.8 Å². The first-order valence-electron chi connectivity index (χ1n) is 12.7. The Kier molecular flexibility index (Phi) is 8.20. The summed E-state index contributed by atoms with van der Waals surface area (Å²) in [5.74, 6) is 0.488. The van der Waals surface area contributed by atoms with E-state index in [0.29, 0.717) is 54.1 Å². The molecule has 0 aliphatic carbocycles. The lowest BCUT2D eigenvalue weighted by Crippen LogP contribution is -2.36. The predicted octanol–water partition coefficient (Wildman–Crippen LogP) is 5.35. The van der Waals surface area contributed by atoms with Gasteiger partial charge < -0.3 is 23.9 Å². The highest BCUT2D eigenvalue weighted by atomic mass is 32.2. The Labute approximate surface area is 234 Å². The van der Waals surface area contributed by atoms with E-state index < -0.39 is 23.6 Å². The number of fused-ring (bicyclic) bond motifs is 1. The van der Waals surface area contributed by atoms with E-state index in [1.165, 1.54) is 6.08 Å². The Morgan fingerprint density at radius 2 is 1.80 bits per heavy atom. The average molecular weight is 563 g/mol. The van der Waals surface area contributed by atoms with E-state index in [1.54, 1.807) is 54.6 Å². The molecule has 2 aliphatic rings. The topological polar surface area (TPSA) is 124 Å². The van der Waals surface area contributed by atoms with E-state index in [4.69, 9.17) is 18.6 Å². The molecule has 2 aliphatic heterocycles. The number of rotatable bonds is 9. The maximum atomic E-state index is 12.9. The number of hydrogen-bond acceptors (Lipinski definition) is 9. The number of anilines is 1. The van der Waals surface area contributed by atoms with E-state index in [2.05, 4.69) is 5.32 Å². The van der Waals surface area contributed by atoms with Crippen molar-refractivity contribution in [2.45, 2.75) is 19.8 Å². The van der Waals surface area contributed by atoms with Gasteiger partial charge in [-0.1, -0.05) is 25.5 Å². The van der Waals surface area contributed by atoms with E-state index in [1.807, 2.05) is 6.92 Å². The summed E-state index contributed by atoms with van der Waals surface area (Å²) in [4.78, 5) is 51.1. The van der Waals surface area contributed by atoms with E-state index in [0.717, 1.165) is 35.1 Å². The molecule has 1 saturated heterocycles. The number of furan rings is 1. The highest BCUT2D eigenvalue weighted by Gasteiger charge is 2.36. The number of amides is 3. The van der Waals surface area contributed by atoms with E-state index in [-0.39, 0.29) is 10.9 Å². The van der Waals surface area contributed by atoms with Crippen LogP contribution >= 0.6 is 11.8 Å². The highest BCUT2D eigenvalue weighted by Crippen LogP contribution is 2.34. The van der Waals surface area contributed by atoms with Gasteiger partial charge in [0, 0.05) is 23.4 Å². The second-order valence-electron chi connectivity index (χ2n) is 8.94. The summed E-state index contributed by atoms with van der Waals surface area (Å²) in [5, 5.41) is 2.12. The van der Waals surface area contributed by atoms with Crippen LogP contribution < -0.4 is 14.8 Å². The number of imide groups is 1. The third-order valence-corrected chi connectivity index (χ3v) is 6.94. The lowest BCUT2D eigenvalue weighted by Gasteiger charge is -2.19. The minimum atomic E-state index is -0.587. The van der Waals surface area contributed by atoms with Crippen molar-refractivity contribution in [1.29, 1.82) is 0 Å². The molecule has 0 atom stereocenters. The first-order valence-corrected chi connectivity index (χ1v) is 13.5. The van der Waals surface area contributed by atoms with E-state index in [9.17, 15) is 19.2 Å². The van der Waals surface area contributed by atoms with Crippen molar-refractivity contribution in [3.8, 4) is 22.8 Å². The SMILES string of the molecule is CCCCOC(=O)c1ccc(-c2ccc(/C=C3/SC(=O)N(CC(=O)Nc4ccc5c(c4)OCCO5)C3=O)o2)cc1. The van der Waals surface area contributed by atoms with Gasteiger partial charge in [0.05, 0.1) is 17.1 Å². The van der Waals surface area contributed by atoms with Gasteiger partial charge in [0.25, 0.3) is 11.1 Å². The molecule has 206 valence electrons. The van der Waals surface area contributed by atoms with Gasteiger partial charge in [-0.05, 0) is 54.6 Å². The second-order valence-corrected chi connectivity index (χ2v) is 9.94. The molecule has 0 bridgehead atoms. The first kappa shape index (κ1) is 27.1. The lowest BCUT2D eigenvalue weighted by atomic mass is 10.1. The van der Waals surface area contributed by atoms with Gasteiger partial charge in [0.2, 0.25) is 5.91 Å². The van der Waals surface area contributed by atoms with Crippen LogP contribution in [0, 0.1) is 0 Å². The van der Waals surface area contributed by atoms with Crippen molar-refractivity contribution in [2.24, 2.45) is 0 Å². The van der Waals surface area contributed by atoms with Crippen LogP contribution in [0.3, 0.4) is 0 Å². The number of nitrogens with zero attached hydrogens (tertiary/aromatic N) is 1. The standard InChI is InChI=1S/C29H26N2O8S/c1-2-3-12-38-28(34)19-6-4-18(5-7-19)22-11-9-21(39-22)16-25-27(33)31(29(35)40-25)17-26(32)30-20-8-10-23-24(15-20)37-14-13-36-23/h4-11,15-16H,2-3,12-14,17H2,1H3,(H,30,32)/b25-16+. The number of unbranched alkanes of at least 4 members (excludes halogenated alkanes) is 1. The summed E-state index contributed by atoms with van der Waals surface area (Å²) in [5.41, 5.74) is 1.63. The summed E-state index contributed by atoms with van der Waals surface area (Å²) in [6.45, 7) is 2.83. The third kappa shape index (κ3) is 6.20. The molecular formula is C29H26N2O8S. The number of carbonyl (C=O) groups is 4. The molecule has 10 nitrogen and oxygen atoms in total. The number of nitrogens with one attached hydrogen (secondary N) is 1. The van der Waals surface area contributed by atoms with Crippen LogP contribution in [0.25, 0.3) is 17.4 Å². The Balaban J connectivity index is 1.20. The summed E-state index contributed by atoms with van der Waals surface area (Å²) >= 11 is 0.732. The molecule has 40 heavy (non-hydrogen) atoms. The monoisotopic (exact) mass is 562 g/mol. The molecule has 0 unspecified atom stereocenters. The smallest absolute Gasteiger partial charge is 0.338 e. The van der Waals surface area contributed by atoms with Gasteiger partial charge in [-0.25, -0.2) is 4.79 Å². The molecule has 1 fully saturated rings. The molecule has 11 heteroatoms. The van der Waals surface area contributed by atoms with Crippen LogP contribution in [0.4, 0.5) is 10.5 Å². The number of carbonyl (C=O) groups excluding carboxylic acids is 4. The zero-order valence-corrected chi connectivity index (χ0v) is 22.5. The summed E-state index contributed by atoms with van der Waals surface area (Å²) in [6, 6.07) is 15.2. The Morgan fingerprint density at radius 1 is 1.02 bits per heavy atom. The maximum Gasteiger partial charge on any atom is 0.338 e. The Morgan fingerprint density at radius 3 is 2.58 bits per heavy atom. The quantitative estimate of drug-likeness (QED) is 0.209. The Hall–Kier alpha value is -4.51. The van der Waals surface area contributed by atoms with Crippen molar-refractivity contribution >= 4 is 46.5 Å². The van der Waals surface area contributed by atoms with Crippen LogP contribution in [0.15, 0.2) is 63.9 Å². The minimum Gasteiger partial charge on any atom is -0.486 e. The largest absolute Gasteiger partial charge is 0.486 e. The second kappa shape index (κ2) is 12.1. The number of ether oxygens (including phenoxy) is 3. The predicted molar refractivity (Wildman–Crippen MR) is 148 cm³/mol. The molecule has 5 rings (SSSR count). The Bertz CT molecular complexity index is 1480. The van der Waals surface area contributed by atoms with Crippen LogP contribution in [-0.2, 0) is 14.3 Å². The number of esters is 1. The first-order chi connectivity index (χ1) is 19.4. The third-order valence-electron chi connectivity index (χ3n) is 6.04. The van der Waals surface area contributed by atoms with Crippen molar-refractivity contribution in [3.05, 3.63) is 70.8 Å². The van der Waals surface area contributed by atoms with Crippen molar-refractivity contribution in [2.75, 3.05) is 31.7 Å². The van der Waals surface area contributed by atoms with Gasteiger partial charge in [-0.15, -0.1) is 0 Å². The molecule has 1 N–H and O–H groups in total. The number of benzene rings is 2. The van der Waals surface area contributed by atoms with Gasteiger partial charge in [0.1, 0.15) is 31.3 Å². The normalized spacial score (nSPS) is 15.4. The van der Waals surface area contributed by atoms with Gasteiger partial charge in [0.15, 0.2) is 11.5 Å². The number of thioether (sulfide) groups is 1. The zero-order chi connectivity index (χ0) is 28.1. The zero-order valence-electron chi connectivity index (χ0n) is 21.6. The maximum absolute atomic E-state index is 12.9. The highest BCUT2D eigenvalue weighted by molar-refractivity contribution is 8.18. The lowest BCUT2D eigenvalue weighted by molar-refractivity contribution is -0.127. The summed E-state index contributed by atoms with van der Waals surface area (Å²) in [7, 11) is 0. The fourth-order valence-electron chi connectivity index (χ4n) is 3.98. The van der Waals surface area contributed by atoms with Gasteiger partial charge in [-0.3, -0.25) is 19.3 Å². The molecule has 2 aromatic carbocycles. The van der Waals surface area contributed by atoms with Crippen LogP contribution in [-0.4, -0.2) is 54.3 Å². The molecule has 0 spiro atoms. The molecule has 0 radical (unpaired) electrons. The molecule has 3 heterocycles. The molecular weight excluding hydrogens is 536 g/mol. The van der Waals surface area contributed by atoms with Gasteiger partial charge >= 0.3 is 5.97 Å². The molecule has 3 aromatic rings. The van der Waals surface area contributed by atoms with Crippen LogP contribution in [0.5, 0.6) is 11.5 Å². The fourth-order valence-corrected chi connectivity index (χ4v) is 4.80. The molecule has 0 saturated carbocycles. The molecule has 3 amide bonds. The minimum absolute atomic E-state index is 0.142. The van der Waals surface area contributed by atoms with Crippen LogP contribution in [0.2, 0.25) is 0 Å². The fraction of sp³-hybridized carbons (Fsp3) is 0.241. The van der Waals surface area contributed by atoms with Gasteiger partial charge in [-0.2, -0.15) is 0 Å². The summed E-state index contributed by atoms with van der Waals surface area (Å²) in [6.07, 6.45) is 3.22. The van der Waals surface area contributed by atoms with E-state index >= 15 is 0 Å².